The first-order valence-corrected chi connectivity index (χ1v) is 11.2. The molecule has 0 aliphatic heterocycles. The number of allylic oxidation sites excluding steroid dienone is 8. The Hall–Kier alpha value is 1.29. The maximum atomic E-state index is 2.41. The third-order valence-electron chi connectivity index (χ3n) is 3.62. The molecule has 0 saturated carbocycles. The summed E-state index contributed by atoms with van der Waals surface area (Å²) in [5, 5.41) is 0. The third-order valence-corrected chi connectivity index (χ3v) is 9.56. The van der Waals surface area contributed by atoms with Gasteiger partial charge < -0.3 is 48.0 Å². The van der Waals surface area contributed by atoms with Crippen molar-refractivity contribution in [2.45, 2.75) is 53.4 Å². The summed E-state index contributed by atoms with van der Waals surface area (Å²) in [6.07, 6.45) is 14.7. The van der Waals surface area contributed by atoms with E-state index in [4.69, 9.17) is 0 Å². The Morgan fingerprint density at radius 2 is 1.19 bits per heavy atom. The van der Waals surface area contributed by atoms with Crippen molar-refractivity contribution >= 4 is 0 Å². The monoisotopic (exact) mass is 676 g/mol. The van der Waals surface area contributed by atoms with Gasteiger partial charge in [0.25, 0.3) is 0 Å². The van der Waals surface area contributed by atoms with Crippen LogP contribution >= 0.6 is 0 Å². The van der Waals surface area contributed by atoms with Crippen molar-refractivity contribution in [3.8, 4) is 0 Å². The summed E-state index contributed by atoms with van der Waals surface area (Å²) in [4.78, 5) is 0. The molecule has 3 heteroatoms. The molecule has 0 unspecified atom stereocenters. The normalized spacial score (nSPS) is 16.7. The molecule has 0 heterocycles. The first-order chi connectivity index (χ1) is 9.06. The van der Waals surface area contributed by atoms with Crippen LogP contribution in [0.2, 0.25) is 0 Å². The molecule has 0 radical (unpaired) electrons. The number of halogens is 2. The van der Waals surface area contributed by atoms with Gasteiger partial charge in [-0.1, -0.05) is 0 Å². The Kier molecular flexibility index (Phi) is 11.6. The fourth-order valence-corrected chi connectivity index (χ4v) is 8.18. The van der Waals surface area contributed by atoms with Crippen LogP contribution in [0.4, 0.5) is 0 Å². The van der Waals surface area contributed by atoms with E-state index in [1.165, 1.54) is 25.7 Å². The van der Waals surface area contributed by atoms with E-state index in [9.17, 15) is 0 Å². The number of hydrogen-bond donors (Lipinski definition) is 0. The van der Waals surface area contributed by atoms with E-state index >= 15 is 0 Å². The zero-order valence-corrected chi connectivity index (χ0v) is 21.5. The van der Waals surface area contributed by atoms with E-state index in [0.29, 0.717) is 0 Å². The van der Waals surface area contributed by atoms with Gasteiger partial charge in [0.05, 0.1) is 0 Å². The van der Waals surface area contributed by atoms with Crippen molar-refractivity contribution < 1.29 is 70.9 Å². The molecule has 0 aromatic heterocycles. The predicted molar refractivity (Wildman–Crippen MR) is 80.5 cm³/mol. The Morgan fingerprint density at radius 1 is 0.810 bits per heavy atom. The smallest absolute Gasteiger partial charge is 1.00 e. The molecule has 0 aromatic rings. The Balaban J connectivity index is 0.00000200. The maximum Gasteiger partial charge on any atom is -1.00 e. The van der Waals surface area contributed by atoms with E-state index in [2.05, 4.69) is 52.0 Å². The predicted octanol–water partition coefficient (Wildman–Crippen LogP) is -0.403. The average Bonchev–Trinajstić information content (AvgIpc) is 2.89. The molecule has 116 valence electrons. The van der Waals surface area contributed by atoms with Gasteiger partial charge in [0, 0.05) is 0 Å². The van der Waals surface area contributed by atoms with Gasteiger partial charge in [-0.05, 0) is 0 Å². The minimum absolute atomic E-state index is 0. The van der Waals surface area contributed by atoms with Crippen LogP contribution in [-0.2, 0) is 22.9 Å². The van der Waals surface area contributed by atoms with E-state index in [0.717, 1.165) is 11.8 Å². The molecule has 0 saturated heterocycles. The van der Waals surface area contributed by atoms with Crippen LogP contribution in [0.1, 0.15) is 53.4 Å². The zero-order chi connectivity index (χ0) is 13.8. The van der Waals surface area contributed by atoms with E-state index in [1.807, 2.05) is 6.66 Å². The molecule has 2 aliphatic carbocycles. The molecule has 0 fully saturated rings. The minimum Gasteiger partial charge on any atom is -1.00 e. The van der Waals surface area contributed by atoms with Crippen LogP contribution in [0.3, 0.4) is 0 Å². The van der Waals surface area contributed by atoms with Crippen LogP contribution in [0, 0.1) is 11.8 Å². The second kappa shape index (κ2) is 11.0. The first kappa shape index (κ1) is 22.3. The molecule has 2 aliphatic rings. The van der Waals surface area contributed by atoms with Crippen LogP contribution < -0.4 is 48.0 Å². The summed E-state index contributed by atoms with van der Waals surface area (Å²) in [5.41, 5.74) is 3.39. The van der Waals surface area contributed by atoms with Gasteiger partial charge in [-0.15, -0.1) is 0 Å². The standard InChI is InChI=1S/2C9H13.Hf.2HI/c2*1-8(2)7-9-5-3-4-6-9;;;/h2*3,5,8H,4,7H2,1-2H3;;2*1H/q;;+2;;/p-2. The molecule has 0 nitrogen and oxygen atoms in total. The van der Waals surface area contributed by atoms with Crippen molar-refractivity contribution in [3.05, 3.63) is 42.1 Å². The van der Waals surface area contributed by atoms with Gasteiger partial charge in [0.1, 0.15) is 0 Å². The Bertz CT molecular complexity index is 412. The first-order valence-electron chi connectivity index (χ1n) is 7.60. The van der Waals surface area contributed by atoms with Gasteiger partial charge in [0.15, 0.2) is 0 Å². The zero-order valence-electron chi connectivity index (χ0n) is 13.5. The molecule has 0 bridgehead atoms. The molecular weight excluding hydrogens is 648 g/mol. The van der Waals surface area contributed by atoms with Crippen molar-refractivity contribution in [2.75, 3.05) is 0 Å². The Morgan fingerprint density at radius 3 is 1.52 bits per heavy atom. The second-order valence-corrected chi connectivity index (χ2v) is 11.8. The summed E-state index contributed by atoms with van der Waals surface area (Å²) in [6, 6.07) is 0. The number of hydrogen-bond acceptors (Lipinski definition) is 0. The molecule has 0 N–H and O–H groups in total. The van der Waals surface area contributed by atoms with Crippen molar-refractivity contribution in [1.29, 1.82) is 0 Å². The molecular formula is C18H26HfI2. The maximum absolute atomic E-state index is 2.41. The fourth-order valence-electron chi connectivity index (χ4n) is 2.81. The summed E-state index contributed by atoms with van der Waals surface area (Å²) >= 11 is -0.740. The van der Waals surface area contributed by atoms with Gasteiger partial charge >= 0.3 is 130 Å². The quantitative estimate of drug-likeness (QED) is 0.266. The average molecular weight is 675 g/mol. The molecule has 21 heavy (non-hydrogen) atoms. The molecule has 0 spiro atoms. The summed E-state index contributed by atoms with van der Waals surface area (Å²) in [5.74, 6) is 1.59. The summed E-state index contributed by atoms with van der Waals surface area (Å²) in [7, 11) is 0. The van der Waals surface area contributed by atoms with E-state index < -0.39 is 22.9 Å². The van der Waals surface area contributed by atoms with Crippen molar-refractivity contribution in [1.82, 2.24) is 0 Å². The van der Waals surface area contributed by atoms with Gasteiger partial charge in [0.2, 0.25) is 0 Å². The van der Waals surface area contributed by atoms with Gasteiger partial charge in [-0.3, -0.25) is 0 Å². The summed E-state index contributed by atoms with van der Waals surface area (Å²) in [6.45, 7) is 9.35. The van der Waals surface area contributed by atoms with Crippen LogP contribution in [0.25, 0.3) is 0 Å². The fraction of sp³-hybridized carbons (Fsp3) is 0.556. The van der Waals surface area contributed by atoms with Crippen LogP contribution in [0.15, 0.2) is 42.1 Å². The third kappa shape index (κ3) is 7.15. The van der Waals surface area contributed by atoms with Crippen molar-refractivity contribution in [3.63, 3.8) is 0 Å². The van der Waals surface area contributed by atoms with E-state index in [-0.39, 0.29) is 48.0 Å². The van der Waals surface area contributed by atoms with Crippen LogP contribution in [0.5, 0.6) is 0 Å². The van der Waals surface area contributed by atoms with Crippen molar-refractivity contribution in [2.24, 2.45) is 11.8 Å². The van der Waals surface area contributed by atoms with Crippen LogP contribution in [-0.4, -0.2) is 0 Å². The molecule has 0 atom stereocenters. The Labute approximate surface area is 176 Å². The van der Waals surface area contributed by atoms with Gasteiger partial charge in [-0.25, -0.2) is 0 Å². The topological polar surface area (TPSA) is 0 Å². The van der Waals surface area contributed by atoms with E-state index in [1.54, 1.807) is 11.1 Å². The minimum atomic E-state index is -0.740. The largest absolute Gasteiger partial charge is 1.00 e. The second-order valence-electron chi connectivity index (χ2n) is 6.54. The molecule has 0 aromatic carbocycles. The SMILES string of the molecule is CC(C)CC1=[C]([Hf+2][C]2=C(CC(C)C)C=CC2)CC=C1.[I-].[I-]. The summed E-state index contributed by atoms with van der Waals surface area (Å²) < 4.78 is 3.74. The van der Waals surface area contributed by atoms with Gasteiger partial charge in [-0.2, -0.15) is 0 Å². The molecule has 2 rings (SSSR count). The molecule has 0 amide bonds. The number of rotatable bonds is 6.